The van der Waals surface area contributed by atoms with Gasteiger partial charge in [0.25, 0.3) is 5.69 Å². The van der Waals surface area contributed by atoms with Crippen molar-refractivity contribution in [3.05, 3.63) is 52.1 Å². The lowest BCUT2D eigenvalue weighted by Gasteiger charge is -2.10. The van der Waals surface area contributed by atoms with Gasteiger partial charge in [-0.1, -0.05) is 32.9 Å². The molecule has 1 unspecified atom stereocenters. The molecule has 1 rings (SSSR count). The van der Waals surface area contributed by atoms with Crippen molar-refractivity contribution in [3.8, 4) is 0 Å². The van der Waals surface area contributed by atoms with Crippen LogP contribution in [0.15, 0.2) is 30.9 Å². The highest BCUT2D eigenvalue weighted by atomic mass is 16.6. The van der Waals surface area contributed by atoms with Crippen LogP contribution in [-0.2, 0) is 6.42 Å². The summed E-state index contributed by atoms with van der Waals surface area (Å²) in [7, 11) is 0. The average Bonchev–Trinajstić information content (AvgIpc) is 2.26. The van der Waals surface area contributed by atoms with Crippen LogP contribution in [0.2, 0.25) is 0 Å². The van der Waals surface area contributed by atoms with Gasteiger partial charge in [0, 0.05) is 12.1 Å². The van der Waals surface area contributed by atoms with E-state index in [4.69, 9.17) is 0 Å². The lowest BCUT2D eigenvalue weighted by Crippen LogP contribution is -1.99. The van der Waals surface area contributed by atoms with Crippen molar-refractivity contribution in [2.45, 2.75) is 33.1 Å². The highest BCUT2D eigenvalue weighted by Crippen LogP contribution is 2.25. The smallest absolute Gasteiger partial charge is 0.258 e. The van der Waals surface area contributed by atoms with Crippen LogP contribution in [-0.4, -0.2) is 4.92 Å². The number of benzene rings is 1. The zero-order chi connectivity index (χ0) is 13.0. The van der Waals surface area contributed by atoms with E-state index in [1.54, 1.807) is 18.2 Å². The second-order valence-electron chi connectivity index (χ2n) is 4.81. The maximum absolute atomic E-state index is 10.9. The van der Waals surface area contributed by atoms with Gasteiger partial charge < -0.3 is 0 Å². The standard InChI is InChI=1S/C14H19NO2/c1-5-11(4)13-7-12(6-10(2)3)8-14(9-13)15(16)17/h5,7-11H,1,6H2,2-4H3. The van der Waals surface area contributed by atoms with E-state index in [-0.39, 0.29) is 16.5 Å². The molecule has 0 heterocycles. The minimum atomic E-state index is -0.330. The van der Waals surface area contributed by atoms with E-state index >= 15 is 0 Å². The van der Waals surface area contributed by atoms with E-state index in [2.05, 4.69) is 20.4 Å². The van der Waals surface area contributed by atoms with Gasteiger partial charge in [-0.25, -0.2) is 0 Å². The van der Waals surface area contributed by atoms with Crippen LogP contribution in [0.1, 0.15) is 37.8 Å². The predicted octanol–water partition coefficient (Wildman–Crippen LogP) is 4.08. The molecule has 0 aliphatic rings. The summed E-state index contributed by atoms with van der Waals surface area (Å²) in [4.78, 5) is 10.6. The molecule has 1 aromatic carbocycles. The summed E-state index contributed by atoms with van der Waals surface area (Å²) in [5, 5.41) is 10.9. The summed E-state index contributed by atoms with van der Waals surface area (Å²) in [5.41, 5.74) is 2.16. The van der Waals surface area contributed by atoms with Crippen LogP contribution < -0.4 is 0 Å². The Hall–Kier alpha value is -1.64. The lowest BCUT2D eigenvalue weighted by atomic mass is 9.95. The average molecular weight is 233 g/mol. The van der Waals surface area contributed by atoms with Gasteiger partial charge in [0.15, 0.2) is 0 Å². The molecule has 17 heavy (non-hydrogen) atoms. The van der Waals surface area contributed by atoms with Crippen molar-refractivity contribution < 1.29 is 4.92 Å². The lowest BCUT2D eigenvalue weighted by molar-refractivity contribution is -0.385. The normalized spacial score (nSPS) is 12.5. The number of nitro groups is 1. The number of non-ortho nitro benzene ring substituents is 1. The van der Waals surface area contributed by atoms with E-state index in [1.165, 1.54) is 0 Å². The summed E-state index contributed by atoms with van der Waals surface area (Å²) < 4.78 is 0. The molecule has 1 atom stereocenters. The van der Waals surface area contributed by atoms with Gasteiger partial charge in [0.2, 0.25) is 0 Å². The van der Waals surface area contributed by atoms with Crippen LogP contribution in [0.3, 0.4) is 0 Å². The summed E-state index contributed by atoms with van der Waals surface area (Å²) in [6.07, 6.45) is 2.66. The Labute approximate surface area is 102 Å². The van der Waals surface area contributed by atoms with Gasteiger partial charge in [-0.3, -0.25) is 10.1 Å². The Morgan fingerprint density at radius 3 is 2.47 bits per heavy atom. The summed E-state index contributed by atoms with van der Waals surface area (Å²) in [6.45, 7) is 9.94. The van der Waals surface area contributed by atoms with Crippen LogP contribution in [0.4, 0.5) is 5.69 Å². The third kappa shape index (κ3) is 3.70. The van der Waals surface area contributed by atoms with Crippen molar-refractivity contribution in [2.75, 3.05) is 0 Å². The molecule has 0 saturated carbocycles. The minimum absolute atomic E-state index is 0.140. The topological polar surface area (TPSA) is 43.1 Å². The molecular formula is C14H19NO2. The second kappa shape index (κ2) is 5.62. The third-order valence-electron chi connectivity index (χ3n) is 2.73. The Morgan fingerprint density at radius 1 is 1.35 bits per heavy atom. The van der Waals surface area contributed by atoms with Crippen LogP contribution in [0.5, 0.6) is 0 Å². The molecule has 0 saturated heterocycles. The zero-order valence-corrected chi connectivity index (χ0v) is 10.6. The molecule has 0 amide bonds. The molecule has 0 spiro atoms. The fourth-order valence-electron chi connectivity index (χ4n) is 1.79. The van der Waals surface area contributed by atoms with E-state index < -0.39 is 0 Å². The first-order valence-corrected chi connectivity index (χ1v) is 5.84. The third-order valence-corrected chi connectivity index (χ3v) is 2.73. The van der Waals surface area contributed by atoms with Gasteiger partial charge in [-0.05, 0) is 29.4 Å². The number of hydrogen-bond acceptors (Lipinski definition) is 2. The van der Waals surface area contributed by atoms with E-state index in [0.29, 0.717) is 5.92 Å². The Balaban J connectivity index is 3.18. The summed E-state index contributed by atoms with van der Waals surface area (Å²) >= 11 is 0. The molecule has 3 nitrogen and oxygen atoms in total. The molecule has 0 radical (unpaired) electrons. The van der Waals surface area contributed by atoms with Crippen molar-refractivity contribution in [2.24, 2.45) is 5.92 Å². The first kappa shape index (κ1) is 13.4. The Bertz CT molecular complexity index is 424. The molecule has 0 N–H and O–H groups in total. The van der Waals surface area contributed by atoms with Crippen molar-refractivity contribution in [1.29, 1.82) is 0 Å². The van der Waals surface area contributed by atoms with Crippen LogP contribution >= 0.6 is 0 Å². The SMILES string of the molecule is C=CC(C)c1cc(CC(C)C)cc([N+](=O)[O-])c1. The largest absolute Gasteiger partial charge is 0.269 e. The Morgan fingerprint density at radius 2 is 2.00 bits per heavy atom. The first-order chi connectivity index (χ1) is 7.93. The van der Waals surface area contributed by atoms with Gasteiger partial charge in [-0.2, -0.15) is 0 Å². The maximum atomic E-state index is 10.9. The predicted molar refractivity (Wildman–Crippen MR) is 70.3 cm³/mol. The molecule has 0 fully saturated rings. The van der Waals surface area contributed by atoms with E-state index in [1.807, 2.05) is 13.0 Å². The van der Waals surface area contributed by atoms with Crippen LogP contribution in [0.25, 0.3) is 0 Å². The maximum Gasteiger partial charge on any atom is 0.269 e. The number of rotatable bonds is 5. The van der Waals surface area contributed by atoms with E-state index in [0.717, 1.165) is 17.5 Å². The second-order valence-corrected chi connectivity index (χ2v) is 4.81. The van der Waals surface area contributed by atoms with Gasteiger partial charge >= 0.3 is 0 Å². The number of nitro benzene ring substituents is 1. The van der Waals surface area contributed by atoms with Crippen LogP contribution in [0, 0.1) is 16.0 Å². The molecule has 0 aliphatic carbocycles. The highest BCUT2D eigenvalue weighted by Gasteiger charge is 2.12. The fraction of sp³-hybridized carbons (Fsp3) is 0.429. The monoisotopic (exact) mass is 233 g/mol. The van der Waals surface area contributed by atoms with Crippen molar-refractivity contribution in [3.63, 3.8) is 0 Å². The van der Waals surface area contributed by atoms with Crippen molar-refractivity contribution >= 4 is 5.69 Å². The van der Waals surface area contributed by atoms with Gasteiger partial charge in [0.05, 0.1) is 4.92 Å². The summed E-state index contributed by atoms with van der Waals surface area (Å²) in [5.74, 6) is 0.629. The number of nitrogens with zero attached hydrogens (tertiary/aromatic N) is 1. The number of hydrogen-bond donors (Lipinski definition) is 0. The molecule has 0 bridgehead atoms. The number of allylic oxidation sites excluding steroid dienone is 1. The zero-order valence-electron chi connectivity index (χ0n) is 10.6. The van der Waals surface area contributed by atoms with E-state index in [9.17, 15) is 10.1 Å². The minimum Gasteiger partial charge on any atom is -0.258 e. The Kier molecular flexibility index (Phi) is 4.44. The van der Waals surface area contributed by atoms with Gasteiger partial charge in [0.1, 0.15) is 0 Å². The molecule has 0 aromatic heterocycles. The fourth-order valence-corrected chi connectivity index (χ4v) is 1.79. The molecule has 1 aromatic rings. The quantitative estimate of drug-likeness (QED) is 0.437. The van der Waals surface area contributed by atoms with Crippen molar-refractivity contribution in [1.82, 2.24) is 0 Å². The molecule has 92 valence electrons. The van der Waals surface area contributed by atoms with Gasteiger partial charge in [-0.15, -0.1) is 6.58 Å². The highest BCUT2D eigenvalue weighted by molar-refractivity contribution is 5.41. The molecule has 0 aliphatic heterocycles. The molecule has 3 heteroatoms. The summed E-state index contributed by atoms with van der Waals surface area (Å²) in [6, 6.07) is 5.34. The molecular weight excluding hydrogens is 214 g/mol. The first-order valence-electron chi connectivity index (χ1n) is 5.84.